The predicted octanol–water partition coefficient (Wildman–Crippen LogP) is 3.92. The fourth-order valence-electron chi connectivity index (χ4n) is 3.30. The van der Waals surface area contributed by atoms with E-state index in [1.54, 1.807) is 12.1 Å². The molecule has 2 aromatic rings. The molecule has 0 aromatic heterocycles. The molecule has 0 spiro atoms. The van der Waals surface area contributed by atoms with Crippen molar-refractivity contribution in [3.63, 3.8) is 0 Å². The Hall–Kier alpha value is -1.89. The van der Waals surface area contributed by atoms with E-state index in [9.17, 15) is 13.2 Å². The van der Waals surface area contributed by atoms with E-state index in [4.69, 9.17) is 16.3 Å². The van der Waals surface area contributed by atoms with Crippen LogP contribution >= 0.6 is 11.6 Å². The maximum Gasteiger partial charge on any atom is 0.309 e. The predicted molar refractivity (Wildman–Crippen MR) is 109 cm³/mol. The average molecular weight is 422 g/mol. The molecule has 0 saturated carbocycles. The minimum absolute atomic E-state index is 0.221. The van der Waals surface area contributed by atoms with E-state index in [0.29, 0.717) is 37.6 Å². The zero-order chi connectivity index (χ0) is 20.0. The number of carbonyl (C=O) groups excluding carboxylic acids is 1. The van der Waals surface area contributed by atoms with Crippen molar-refractivity contribution in [2.45, 2.75) is 30.6 Å². The normalized spacial score (nSPS) is 16.0. The van der Waals surface area contributed by atoms with Crippen molar-refractivity contribution in [3.05, 3.63) is 65.2 Å². The quantitative estimate of drug-likeness (QED) is 0.502. The Morgan fingerprint density at radius 1 is 1.04 bits per heavy atom. The minimum Gasteiger partial charge on any atom is -0.465 e. The van der Waals surface area contributed by atoms with Crippen LogP contribution in [0.1, 0.15) is 24.8 Å². The number of sulfonamides is 1. The van der Waals surface area contributed by atoms with Gasteiger partial charge in [0.15, 0.2) is 0 Å². The monoisotopic (exact) mass is 421 g/mol. The van der Waals surface area contributed by atoms with Crippen LogP contribution in [0.15, 0.2) is 59.5 Å². The fraction of sp³-hybridized carbons (Fsp3) is 0.381. The van der Waals surface area contributed by atoms with Gasteiger partial charge in [-0.1, -0.05) is 41.9 Å². The SMILES string of the molecule is O=C(OCCCc1ccccc1)C1CCN(S(=O)(=O)c2ccc(Cl)cc2)CC1. The van der Waals surface area contributed by atoms with Crippen LogP contribution in [0.2, 0.25) is 5.02 Å². The van der Waals surface area contributed by atoms with Crippen molar-refractivity contribution in [2.75, 3.05) is 19.7 Å². The second-order valence-corrected chi connectivity index (χ2v) is 9.26. The minimum atomic E-state index is -3.56. The van der Waals surface area contributed by atoms with Crippen LogP contribution in [-0.4, -0.2) is 38.4 Å². The van der Waals surface area contributed by atoms with Gasteiger partial charge in [-0.25, -0.2) is 8.42 Å². The van der Waals surface area contributed by atoms with Crippen LogP contribution in [0.25, 0.3) is 0 Å². The van der Waals surface area contributed by atoms with Gasteiger partial charge < -0.3 is 4.74 Å². The van der Waals surface area contributed by atoms with E-state index in [1.807, 2.05) is 18.2 Å². The Balaban J connectivity index is 1.44. The molecule has 0 radical (unpaired) electrons. The molecule has 1 fully saturated rings. The molecule has 1 heterocycles. The Kier molecular flexibility index (Phi) is 7.10. The van der Waals surface area contributed by atoms with E-state index in [-0.39, 0.29) is 16.8 Å². The zero-order valence-corrected chi connectivity index (χ0v) is 17.2. The molecule has 1 saturated heterocycles. The topological polar surface area (TPSA) is 63.7 Å². The molecule has 2 aromatic carbocycles. The Bertz CT molecular complexity index is 876. The third kappa shape index (κ3) is 5.34. The summed E-state index contributed by atoms with van der Waals surface area (Å²) >= 11 is 5.83. The maximum atomic E-state index is 12.7. The first-order valence-electron chi connectivity index (χ1n) is 9.43. The molecule has 1 aliphatic rings. The lowest BCUT2D eigenvalue weighted by Gasteiger charge is -2.30. The van der Waals surface area contributed by atoms with E-state index in [2.05, 4.69) is 12.1 Å². The van der Waals surface area contributed by atoms with Crippen LogP contribution in [0, 0.1) is 5.92 Å². The number of esters is 1. The van der Waals surface area contributed by atoms with Gasteiger partial charge in [0.2, 0.25) is 10.0 Å². The van der Waals surface area contributed by atoms with Gasteiger partial charge in [-0.15, -0.1) is 0 Å². The lowest BCUT2D eigenvalue weighted by atomic mass is 9.98. The number of hydrogen-bond acceptors (Lipinski definition) is 4. The number of halogens is 1. The fourth-order valence-corrected chi connectivity index (χ4v) is 4.89. The van der Waals surface area contributed by atoms with Crippen LogP contribution in [0.4, 0.5) is 0 Å². The van der Waals surface area contributed by atoms with Gasteiger partial charge in [-0.2, -0.15) is 4.31 Å². The third-order valence-corrected chi connectivity index (χ3v) is 7.10. The van der Waals surface area contributed by atoms with Gasteiger partial charge in [0, 0.05) is 18.1 Å². The van der Waals surface area contributed by atoms with Crippen LogP contribution in [-0.2, 0) is 26.0 Å². The van der Waals surface area contributed by atoms with Crippen LogP contribution in [0.3, 0.4) is 0 Å². The van der Waals surface area contributed by atoms with Crippen molar-refractivity contribution >= 4 is 27.6 Å². The second-order valence-electron chi connectivity index (χ2n) is 6.89. The zero-order valence-electron chi connectivity index (χ0n) is 15.6. The molecule has 0 N–H and O–H groups in total. The Morgan fingerprint density at radius 3 is 2.32 bits per heavy atom. The first-order valence-corrected chi connectivity index (χ1v) is 11.2. The summed E-state index contributed by atoms with van der Waals surface area (Å²) in [6.45, 7) is 1.01. The molecule has 150 valence electrons. The van der Waals surface area contributed by atoms with Crippen molar-refractivity contribution in [3.8, 4) is 0 Å². The largest absolute Gasteiger partial charge is 0.465 e. The van der Waals surface area contributed by atoms with Crippen molar-refractivity contribution in [1.29, 1.82) is 0 Å². The number of aryl methyl sites for hydroxylation is 1. The Labute approximate surface area is 171 Å². The van der Waals surface area contributed by atoms with Gasteiger partial charge >= 0.3 is 5.97 Å². The number of rotatable bonds is 7. The Morgan fingerprint density at radius 2 is 1.68 bits per heavy atom. The molecular weight excluding hydrogens is 398 g/mol. The summed E-state index contributed by atoms with van der Waals surface area (Å²) in [6, 6.07) is 16.2. The highest BCUT2D eigenvalue weighted by atomic mass is 35.5. The summed E-state index contributed by atoms with van der Waals surface area (Å²) in [5.74, 6) is -0.468. The smallest absolute Gasteiger partial charge is 0.309 e. The molecule has 3 rings (SSSR count). The summed E-state index contributed by atoms with van der Waals surface area (Å²) in [6.07, 6.45) is 2.60. The summed E-state index contributed by atoms with van der Waals surface area (Å²) in [5, 5.41) is 0.493. The molecular formula is C21H24ClNO4S. The third-order valence-electron chi connectivity index (χ3n) is 4.94. The number of hydrogen-bond donors (Lipinski definition) is 0. The maximum absolute atomic E-state index is 12.7. The molecule has 7 heteroatoms. The first-order chi connectivity index (χ1) is 13.5. The molecule has 0 atom stereocenters. The highest BCUT2D eigenvalue weighted by molar-refractivity contribution is 7.89. The van der Waals surface area contributed by atoms with Crippen molar-refractivity contribution < 1.29 is 17.9 Å². The van der Waals surface area contributed by atoms with Crippen molar-refractivity contribution in [1.82, 2.24) is 4.31 Å². The van der Waals surface area contributed by atoms with Gasteiger partial charge in [0.05, 0.1) is 17.4 Å². The highest BCUT2D eigenvalue weighted by Gasteiger charge is 2.32. The van der Waals surface area contributed by atoms with Crippen molar-refractivity contribution in [2.24, 2.45) is 5.92 Å². The summed E-state index contributed by atoms with van der Waals surface area (Å²) in [5.41, 5.74) is 1.22. The van der Waals surface area contributed by atoms with Gasteiger partial charge in [0.1, 0.15) is 0 Å². The van der Waals surface area contributed by atoms with E-state index in [1.165, 1.54) is 22.0 Å². The molecule has 28 heavy (non-hydrogen) atoms. The molecule has 0 amide bonds. The van der Waals surface area contributed by atoms with E-state index < -0.39 is 10.0 Å². The molecule has 1 aliphatic heterocycles. The van der Waals surface area contributed by atoms with Crippen LogP contribution in [0.5, 0.6) is 0 Å². The summed E-state index contributed by atoms with van der Waals surface area (Å²) in [4.78, 5) is 12.5. The number of carbonyl (C=O) groups is 1. The second kappa shape index (κ2) is 9.54. The number of piperidine rings is 1. The number of ether oxygens (including phenoxy) is 1. The molecule has 5 nitrogen and oxygen atoms in total. The number of benzene rings is 2. The first kappa shape index (κ1) is 20.8. The van der Waals surface area contributed by atoms with Crippen LogP contribution < -0.4 is 0 Å². The molecule has 0 aliphatic carbocycles. The molecule has 0 unspecified atom stereocenters. The standard InChI is InChI=1S/C21H24ClNO4S/c22-19-8-10-20(11-9-19)28(25,26)23-14-12-18(13-15-23)21(24)27-16-4-7-17-5-2-1-3-6-17/h1-3,5-6,8-11,18H,4,7,12-16H2. The van der Waals surface area contributed by atoms with Gasteiger partial charge in [-0.05, 0) is 55.5 Å². The van der Waals surface area contributed by atoms with Gasteiger partial charge in [0.25, 0.3) is 0 Å². The lowest BCUT2D eigenvalue weighted by molar-refractivity contribution is -0.149. The van der Waals surface area contributed by atoms with E-state index in [0.717, 1.165) is 12.8 Å². The highest BCUT2D eigenvalue weighted by Crippen LogP contribution is 2.25. The number of nitrogens with zero attached hydrogens (tertiary/aromatic N) is 1. The van der Waals surface area contributed by atoms with Gasteiger partial charge in [-0.3, -0.25) is 4.79 Å². The van der Waals surface area contributed by atoms with E-state index >= 15 is 0 Å². The summed E-state index contributed by atoms with van der Waals surface area (Å²) in [7, 11) is -3.56. The molecule has 0 bridgehead atoms. The lowest BCUT2D eigenvalue weighted by Crippen LogP contribution is -2.40. The summed E-state index contributed by atoms with van der Waals surface area (Å²) < 4.78 is 32.2. The average Bonchev–Trinajstić information content (AvgIpc) is 2.72.